The minimum atomic E-state index is 0.0480. The molecule has 0 radical (unpaired) electrons. The van der Waals surface area contributed by atoms with Gasteiger partial charge in [-0.05, 0) is 74.8 Å². The van der Waals surface area contributed by atoms with Gasteiger partial charge < -0.3 is 10.2 Å². The number of carbonyl (C=O) groups is 1. The molecule has 4 heteroatoms. The number of carbonyl (C=O) groups excluding carboxylic acids is 1. The molecule has 1 amide bonds. The van der Waals surface area contributed by atoms with Crippen molar-refractivity contribution in [2.75, 3.05) is 24.5 Å². The molecule has 3 aliphatic rings. The highest BCUT2D eigenvalue weighted by Gasteiger charge is 2.38. The third kappa shape index (κ3) is 3.28. The number of nitrogens with one attached hydrogen (secondary N) is 1. The number of nitrogens with zero attached hydrogens (tertiary/aromatic N) is 2. The van der Waals surface area contributed by atoms with Crippen molar-refractivity contribution in [1.82, 2.24) is 10.3 Å². The molecule has 130 valence electrons. The number of pyridine rings is 1. The van der Waals surface area contributed by atoms with Crippen LogP contribution in [0.15, 0.2) is 18.3 Å². The summed E-state index contributed by atoms with van der Waals surface area (Å²) in [4.78, 5) is 19.4. The highest BCUT2D eigenvalue weighted by molar-refractivity contribution is 5.98. The molecule has 0 unspecified atom stereocenters. The maximum Gasteiger partial charge on any atom is 0.255 e. The first-order valence-electron chi connectivity index (χ1n) is 9.79. The first-order chi connectivity index (χ1) is 11.8. The molecule has 2 aliphatic carbocycles. The van der Waals surface area contributed by atoms with E-state index < -0.39 is 0 Å². The summed E-state index contributed by atoms with van der Waals surface area (Å²) in [5, 5.41) is 3.16. The van der Waals surface area contributed by atoms with Crippen LogP contribution in [0.5, 0.6) is 0 Å². The molecule has 1 N–H and O–H groups in total. The molecule has 0 aromatic carbocycles. The first-order valence-corrected chi connectivity index (χ1v) is 9.79. The van der Waals surface area contributed by atoms with Crippen molar-refractivity contribution in [3.63, 3.8) is 0 Å². The monoisotopic (exact) mass is 327 g/mol. The zero-order valence-electron chi connectivity index (χ0n) is 14.5. The Labute approximate surface area is 145 Å². The van der Waals surface area contributed by atoms with Gasteiger partial charge in [-0.25, -0.2) is 4.98 Å². The largest absolute Gasteiger partial charge is 0.356 e. The van der Waals surface area contributed by atoms with Gasteiger partial charge in [-0.3, -0.25) is 4.79 Å². The van der Waals surface area contributed by atoms with Gasteiger partial charge in [0.2, 0.25) is 0 Å². The summed E-state index contributed by atoms with van der Waals surface area (Å²) < 4.78 is 0. The number of hydrogen-bond acceptors (Lipinski definition) is 3. The van der Waals surface area contributed by atoms with E-state index >= 15 is 0 Å². The maximum absolute atomic E-state index is 12.7. The van der Waals surface area contributed by atoms with Crippen molar-refractivity contribution >= 4 is 11.7 Å². The van der Waals surface area contributed by atoms with Crippen molar-refractivity contribution in [3.05, 3.63) is 23.9 Å². The number of amides is 1. The van der Waals surface area contributed by atoms with Crippen molar-refractivity contribution in [2.45, 2.75) is 51.4 Å². The smallest absolute Gasteiger partial charge is 0.255 e. The second-order valence-electron chi connectivity index (χ2n) is 7.90. The van der Waals surface area contributed by atoms with Crippen LogP contribution in [0, 0.1) is 17.8 Å². The number of fused-ring (bicyclic) bond motifs is 2. The van der Waals surface area contributed by atoms with Crippen LogP contribution >= 0.6 is 0 Å². The van der Waals surface area contributed by atoms with Gasteiger partial charge in [-0.1, -0.05) is 6.42 Å². The van der Waals surface area contributed by atoms with E-state index in [2.05, 4.69) is 15.2 Å². The third-order valence-electron chi connectivity index (χ3n) is 6.37. The normalized spacial score (nSPS) is 29.0. The van der Waals surface area contributed by atoms with Crippen molar-refractivity contribution < 1.29 is 4.79 Å². The highest BCUT2D eigenvalue weighted by Crippen LogP contribution is 2.49. The molecule has 3 fully saturated rings. The fourth-order valence-corrected chi connectivity index (χ4v) is 5.13. The van der Waals surface area contributed by atoms with E-state index in [0.717, 1.165) is 55.2 Å². The molecule has 2 bridgehead atoms. The molecule has 2 saturated carbocycles. The first kappa shape index (κ1) is 15.9. The average molecular weight is 327 g/mol. The van der Waals surface area contributed by atoms with E-state index in [4.69, 9.17) is 0 Å². The zero-order chi connectivity index (χ0) is 16.4. The van der Waals surface area contributed by atoms with Crippen LogP contribution < -0.4 is 10.2 Å². The Morgan fingerprint density at radius 3 is 2.83 bits per heavy atom. The fourth-order valence-electron chi connectivity index (χ4n) is 5.13. The van der Waals surface area contributed by atoms with Gasteiger partial charge in [0, 0.05) is 25.8 Å². The van der Waals surface area contributed by atoms with Crippen molar-refractivity contribution in [1.29, 1.82) is 0 Å². The Kier molecular flexibility index (Phi) is 4.72. The van der Waals surface area contributed by atoms with Gasteiger partial charge in [0.05, 0.1) is 5.56 Å². The molecule has 0 spiro atoms. The molecule has 3 atom stereocenters. The topological polar surface area (TPSA) is 45.2 Å². The average Bonchev–Trinajstić information content (AvgIpc) is 3.25. The molecule has 4 rings (SSSR count). The van der Waals surface area contributed by atoms with Gasteiger partial charge >= 0.3 is 0 Å². The minimum Gasteiger partial charge on any atom is -0.356 e. The lowest BCUT2D eigenvalue weighted by Gasteiger charge is -2.29. The highest BCUT2D eigenvalue weighted by atomic mass is 16.1. The van der Waals surface area contributed by atoms with Crippen molar-refractivity contribution in [3.8, 4) is 0 Å². The molecule has 1 aromatic heterocycles. The number of piperidine rings is 1. The quantitative estimate of drug-likeness (QED) is 0.898. The van der Waals surface area contributed by atoms with Gasteiger partial charge in [0.25, 0.3) is 5.91 Å². The lowest BCUT2D eigenvalue weighted by molar-refractivity contribution is 0.0950. The standard InChI is InChI=1S/C20H29N3O/c24-20(22-10-8-17-14-15-6-7-16(17)13-15)18-5-4-9-21-19(18)23-11-2-1-3-12-23/h4-5,9,15-17H,1-3,6-8,10-14H2,(H,22,24)/t15-,16+,17-/m0/s1. The van der Waals surface area contributed by atoms with Crippen LogP contribution in [-0.4, -0.2) is 30.5 Å². The molecule has 1 aliphatic heterocycles. The lowest BCUT2D eigenvalue weighted by atomic mass is 9.86. The summed E-state index contributed by atoms with van der Waals surface area (Å²) in [6, 6.07) is 3.79. The number of anilines is 1. The SMILES string of the molecule is O=C(NCC[C@H]1C[C@H]2CC[C@@H]1C2)c1cccnc1N1CCCCC1. The van der Waals surface area contributed by atoms with Crippen LogP contribution in [0.25, 0.3) is 0 Å². The minimum absolute atomic E-state index is 0.0480. The summed E-state index contributed by atoms with van der Waals surface area (Å²) >= 11 is 0. The van der Waals surface area contributed by atoms with E-state index in [9.17, 15) is 4.79 Å². The Morgan fingerprint density at radius 2 is 2.08 bits per heavy atom. The van der Waals surface area contributed by atoms with E-state index in [-0.39, 0.29) is 5.91 Å². The van der Waals surface area contributed by atoms with Crippen LogP contribution in [0.4, 0.5) is 5.82 Å². The second-order valence-corrected chi connectivity index (χ2v) is 7.90. The number of hydrogen-bond donors (Lipinski definition) is 1. The maximum atomic E-state index is 12.7. The predicted octanol–water partition coefficient (Wildman–Crippen LogP) is 3.63. The Balaban J connectivity index is 1.34. The van der Waals surface area contributed by atoms with Crippen LogP contribution in [0.2, 0.25) is 0 Å². The van der Waals surface area contributed by atoms with Gasteiger partial charge in [-0.2, -0.15) is 0 Å². The molecule has 24 heavy (non-hydrogen) atoms. The van der Waals surface area contributed by atoms with Gasteiger partial charge in [0.15, 0.2) is 0 Å². The second kappa shape index (κ2) is 7.12. The van der Waals surface area contributed by atoms with Crippen molar-refractivity contribution in [2.24, 2.45) is 17.8 Å². The molecule has 1 aromatic rings. The van der Waals surface area contributed by atoms with E-state index in [1.807, 2.05) is 12.1 Å². The van der Waals surface area contributed by atoms with E-state index in [1.165, 1.54) is 44.9 Å². The fraction of sp³-hybridized carbons (Fsp3) is 0.700. The van der Waals surface area contributed by atoms with Gasteiger partial charge in [-0.15, -0.1) is 0 Å². The lowest BCUT2D eigenvalue weighted by Crippen LogP contribution is -2.34. The summed E-state index contributed by atoms with van der Waals surface area (Å²) in [6.07, 6.45) is 12.3. The zero-order valence-corrected chi connectivity index (χ0v) is 14.5. The third-order valence-corrected chi connectivity index (χ3v) is 6.37. The molecular formula is C20H29N3O. The molecule has 2 heterocycles. The van der Waals surface area contributed by atoms with E-state index in [0.29, 0.717) is 0 Å². The van der Waals surface area contributed by atoms with Crippen LogP contribution in [-0.2, 0) is 0 Å². The number of aromatic nitrogens is 1. The number of rotatable bonds is 5. The summed E-state index contributed by atoms with van der Waals surface area (Å²) in [5.41, 5.74) is 0.743. The van der Waals surface area contributed by atoms with E-state index in [1.54, 1.807) is 6.20 Å². The molecule has 1 saturated heterocycles. The van der Waals surface area contributed by atoms with Crippen LogP contribution in [0.1, 0.15) is 61.7 Å². The Hall–Kier alpha value is -1.58. The Bertz CT molecular complexity index is 582. The Morgan fingerprint density at radius 1 is 1.21 bits per heavy atom. The molecule has 4 nitrogen and oxygen atoms in total. The van der Waals surface area contributed by atoms with Gasteiger partial charge in [0.1, 0.15) is 5.82 Å². The summed E-state index contributed by atoms with van der Waals surface area (Å²) in [5.74, 6) is 3.69. The van der Waals surface area contributed by atoms with Crippen LogP contribution in [0.3, 0.4) is 0 Å². The predicted molar refractivity (Wildman–Crippen MR) is 96.2 cm³/mol. The molecular weight excluding hydrogens is 298 g/mol. The summed E-state index contributed by atoms with van der Waals surface area (Å²) in [7, 11) is 0. The summed E-state index contributed by atoms with van der Waals surface area (Å²) in [6.45, 7) is 2.84.